The van der Waals surface area contributed by atoms with Crippen molar-refractivity contribution in [2.45, 2.75) is 0 Å². The van der Waals surface area contributed by atoms with Gasteiger partial charge >= 0.3 is 0 Å². The Morgan fingerprint density at radius 3 is 1.51 bits per heavy atom. The largest absolute Gasteiger partial charge is 0.309 e. The number of nitrogens with zero attached hydrogens (tertiary/aromatic N) is 5. The van der Waals surface area contributed by atoms with E-state index in [1.807, 2.05) is 53.9 Å². The van der Waals surface area contributed by atoms with Crippen LogP contribution in [0, 0.1) is 0 Å². The van der Waals surface area contributed by atoms with Gasteiger partial charge in [0, 0.05) is 70.6 Å². The van der Waals surface area contributed by atoms with Crippen LogP contribution in [0.4, 0.5) is 0 Å². The van der Waals surface area contributed by atoms with Crippen molar-refractivity contribution in [3.8, 4) is 84.5 Å². The van der Waals surface area contributed by atoms with Crippen molar-refractivity contribution in [1.29, 1.82) is 0 Å². The number of pyridine rings is 1. The average molecular weight is 886 g/mol. The van der Waals surface area contributed by atoms with Gasteiger partial charge in [0.05, 0.1) is 16.7 Å². The molecule has 0 aliphatic carbocycles. The summed E-state index contributed by atoms with van der Waals surface area (Å²) in [5, 5.41) is 4.91. The van der Waals surface area contributed by atoms with E-state index in [4.69, 9.17) is 19.9 Å². The fourth-order valence-electron chi connectivity index (χ4n) is 9.84. The first-order chi connectivity index (χ1) is 33.7. The number of aromatic nitrogens is 5. The molecule has 6 heteroatoms. The lowest BCUT2D eigenvalue weighted by Gasteiger charge is -2.18. The van der Waals surface area contributed by atoms with E-state index in [0.717, 1.165) is 67.0 Å². The third-order valence-electron chi connectivity index (χ3n) is 12.9. The molecular weight excluding hydrogens is 847 g/mol. The summed E-state index contributed by atoms with van der Waals surface area (Å²) in [7, 11) is 0. The summed E-state index contributed by atoms with van der Waals surface area (Å²) in [4.78, 5) is 21.2. The van der Waals surface area contributed by atoms with E-state index in [-0.39, 0.29) is 0 Å². The maximum Gasteiger partial charge on any atom is 0.166 e. The molecule has 9 aromatic carbocycles. The second kappa shape index (κ2) is 16.5. The highest BCUT2D eigenvalue weighted by Crippen LogP contribution is 2.46. The van der Waals surface area contributed by atoms with E-state index >= 15 is 0 Å². The molecule has 4 heterocycles. The van der Waals surface area contributed by atoms with Crippen molar-refractivity contribution in [2.75, 3.05) is 0 Å². The first-order valence-corrected chi connectivity index (χ1v) is 23.6. The van der Waals surface area contributed by atoms with Gasteiger partial charge in [-0.1, -0.05) is 182 Å². The molecule has 0 radical (unpaired) electrons. The Bertz CT molecular complexity index is 3880. The van der Waals surface area contributed by atoms with E-state index < -0.39 is 0 Å². The third-order valence-corrected chi connectivity index (χ3v) is 14.0. The predicted octanol–water partition coefficient (Wildman–Crippen LogP) is 16.4. The summed E-state index contributed by atoms with van der Waals surface area (Å²) < 4.78 is 4.85. The summed E-state index contributed by atoms with van der Waals surface area (Å²) in [5.41, 5.74) is 14.4. The van der Waals surface area contributed by atoms with Crippen LogP contribution in [-0.2, 0) is 0 Å². The van der Waals surface area contributed by atoms with Crippen LogP contribution >= 0.6 is 11.3 Å². The number of rotatable bonds is 8. The number of hydrogen-bond acceptors (Lipinski definition) is 5. The topological polar surface area (TPSA) is 56.5 Å². The summed E-state index contributed by atoms with van der Waals surface area (Å²) in [6.45, 7) is 0. The van der Waals surface area contributed by atoms with Crippen molar-refractivity contribution in [3.05, 3.63) is 237 Å². The van der Waals surface area contributed by atoms with Gasteiger partial charge in [0.1, 0.15) is 0 Å². The van der Waals surface area contributed by atoms with E-state index in [1.54, 1.807) is 0 Å². The van der Waals surface area contributed by atoms with Crippen LogP contribution in [0.2, 0.25) is 0 Å². The molecule has 68 heavy (non-hydrogen) atoms. The van der Waals surface area contributed by atoms with Gasteiger partial charge in [0.25, 0.3) is 0 Å². The van der Waals surface area contributed by atoms with Crippen LogP contribution in [0.15, 0.2) is 237 Å². The summed E-state index contributed by atoms with van der Waals surface area (Å²) in [5.74, 6) is 1.73. The van der Waals surface area contributed by atoms with Crippen LogP contribution in [0.3, 0.4) is 0 Å². The third kappa shape index (κ3) is 6.77. The lowest BCUT2D eigenvalue weighted by Crippen LogP contribution is -2.02. The Kier molecular flexibility index (Phi) is 9.62. The molecule has 0 N–H and O–H groups in total. The minimum absolute atomic E-state index is 0.545. The maximum atomic E-state index is 5.50. The van der Waals surface area contributed by atoms with Gasteiger partial charge in [-0.15, -0.1) is 11.3 Å². The Morgan fingerprint density at radius 2 is 0.882 bits per heavy atom. The maximum absolute atomic E-state index is 5.50. The lowest BCUT2D eigenvalue weighted by molar-refractivity contribution is 1.07. The van der Waals surface area contributed by atoms with E-state index in [0.29, 0.717) is 17.5 Å². The molecule has 0 fully saturated rings. The molecule has 0 spiro atoms. The van der Waals surface area contributed by atoms with Gasteiger partial charge in [-0.25, -0.2) is 15.0 Å². The number of benzene rings is 9. The van der Waals surface area contributed by atoms with Gasteiger partial charge in [-0.2, -0.15) is 0 Å². The van der Waals surface area contributed by atoms with Gasteiger partial charge in [-0.05, 0) is 76.3 Å². The second-order valence-electron chi connectivity index (χ2n) is 17.0. The van der Waals surface area contributed by atoms with Crippen LogP contribution in [0.5, 0.6) is 0 Å². The molecule has 0 amide bonds. The van der Waals surface area contributed by atoms with Crippen molar-refractivity contribution < 1.29 is 0 Å². The van der Waals surface area contributed by atoms with Gasteiger partial charge in [-0.3, -0.25) is 4.98 Å². The average Bonchev–Trinajstić information content (AvgIpc) is 3.97. The molecule has 0 aliphatic rings. The molecule has 0 bridgehead atoms. The molecular formula is C62H39N5S. The van der Waals surface area contributed by atoms with Crippen LogP contribution in [0.25, 0.3) is 126 Å². The zero-order chi connectivity index (χ0) is 45.0. The second-order valence-corrected chi connectivity index (χ2v) is 18.0. The minimum Gasteiger partial charge on any atom is -0.309 e. The monoisotopic (exact) mass is 885 g/mol. The standard InChI is InChI=1S/C62H39N5S/c1-6-19-40(20-7-1)47-30-18-31-48(41-21-8-2-9-22-41)56(47)45-38-51(62-65-60(42-23-10-3-11-24-42)64-61(66-62)43-25-12-4-13-26-43)59(63-39-45)44-33-35-54-50(37-44)58-55(68-54)36-34-53-57(58)49-29-16-17-32-52(49)67(53)46-27-14-5-15-28-46/h1-39H. The molecule has 5 nitrogen and oxygen atoms in total. The molecule has 0 unspecified atom stereocenters. The Balaban J connectivity index is 1.10. The predicted molar refractivity (Wildman–Crippen MR) is 283 cm³/mol. The quantitative estimate of drug-likeness (QED) is 0.153. The van der Waals surface area contributed by atoms with Crippen LogP contribution < -0.4 is 0 Å². The fourth-order valence-corrected chi connectivity index (χ4v) is 10.9. The molecule has 13 aromatic rings. The van der Waals surface area contributed by atoms with Gasteiger partial charge in [0.15, 0.2) is 17.5 Å². The number of thiophene rings is 1. The van der Waals surface area contributed by atoms with Crippen LogP contribution in [0.1, 0.15) is 0 Å². The Hall–Kier alpha value is -8.84. The molecule has 0 saturated heterocycles. The smallest absolute Gasteiger partial charge is 0.166 e. The minimum atomic E-state index is 0.545. The highest BCUT2D eigenvalue weighted by atomic mass is 32.1. The first kappa shape index (κ1) is 39.5. The molecule has 318 valence electrons. The number of fused-ring (bicyclic) bond motifs is 7. The van der Waals surface area contributed by atoms with Crippen LogP contribution in [-0.4, -0.2) is 24.5 Å². The zero-order valence-electron chi connectivity index (χ0n) is 36.7. The first-order valence-electron chi connectivity index (χ1n) is 22.8. The van der Waals surface area contributed by atoms with E-state index in [9.17, 15) is 0 Å². The zero-order valence-corrected chi connectivity index (χ0v) is 37.5. The van der Waals surface area contributed by atoms with Crippen molar-refractivity contribution in [2.24, 2.45) is 0 Å². The molecule has 4 aromatic heterocycles. The van der Waals surface area contributed by atoms with Gasteiger partial charge < -0.3 is 4.57 Å². The van der Waals surface area contributed by atoms with Crippen molar-refractivity contribution >= 4 is 53.3 Å². The molecule has 0 aliphatic heterocycles. The van der Waals surface area contributed by atoms with E-state index in [1.165, 1.54) is 42.0 Å². The molecule has 0 atom stereocenters. The summed E-state index contributed by atoms with van der Waals surface area (Å²) in [6, 6.07) is 81.2. The number of hydrogen-bond donors (Lipinski definition) is 0. The highest BCUT2D eigenvalue weighted by molar-refractivity contribution is 7.26. The summed E-state index contributed by atoms with van der Waals surface area (Å²) in [6.07, 6.45) is 2.03. The fraction of sp³-hybridized carbons (Fsp3) is 0. The highest BCUT2D eigenvalue weighted by Gasteiger charge is 2.23. The molecule has 13 rings (SSSR count). The molecule has 0 saturated carbocycles. The summed E-state index contributed by atoms with van der Waals surface area (Å²) >= 11 is 1.83. The number of para-hydroxylation sites is 2. The van der Waals surface area contributed by atoms with Crippen molar-refractivity contribution in [1.82, 2.24) is 24.5 Å². The Labute approximate surface area is 397 Å². The van der Waals surface area contributed by atoms with E-state index in [2.05, 4.69) is 199 Å². The van der Waals surface area contributed by atoms with Crippen molar-refractivity contribution in [3.63, 3.8) is 0 Å². The lowest BCUT2D eigenvalue weighted by atomic mass is 9.87. The SMILES string of the molecule is c1ccc(-c2nc(-c3ccccc3)nc(-c3cc(-c4c(-c5ccccc5)cccc4-c4ccccc4)cnc3-c3ccc4sc5ccc6c(c7ccccc7n6-c6ccccc6)c5c4c3)n2)cc1. The normalized spacial score (nSPS) is 11.5. The Morgan fingerprint density at radius 1 is 0.338 bits per heavy atom. The van der Waals surface area contributed by atoms with Gasteiger partial charge in [0.2, 0.25) is 0 Å².